The first-order valence-corrected chi connectivity index (χ1v) is 12.3. The highest BCUT2D eigenvalue weighted by Crippen LogP contribution is 2.39. The lowest BCUT2D eigenvalue weighted by atomic mass is 10.2. The van der Waals surface area contributed by atoms with Gasteiger partial charge in [0.2, 0.25) is 28.9 Å². The molecule has 15 heteroatoms. The van der Waals surface area contributed by atoms with Crippen LogP contribution < -0.4 is 20.4 Å². The zero-order valence-corrected chi connectivity index (χ0v) is 19.5. The molecule has 3 aliphatic rings. The summed E-state index contributed by atoms with van der Waals surface area (Å²) in [5, 5.41) is 13.6. The average molecular weight is 502 g/mol. The van der Waals surface area contributed by atoms with E-state index in [-0.39, 0.29) is 30.8 Å². The Hall–Kier alpha value is -3.46. The first-order chi connectivity index (χ1) is 17.1. The van der Waals surface area contributed by atoms with Gasteiger partial charge in [0.05, 0.1) is 25.5 Å². The fourth-order valence-corrected chi connectivity index (χ4v) is 4.66. The van der Waals surface area contributed by atoms with Crippen molar-refractivity contribution in [1.29, 1.82) is 0 Å². The van der Waals surface area contributed by atoms with E-state index >= 15 is 0 Å². The van der Waals surface area contributed by atoms with E-state index in [1.165, 1.54) is 6.33 Å². The molecule has 1 aliphatic carbocycles. The Bertz CT molecular complexity index is 1180. The molecule has 3 aromatic heterocycles. The third-order valence-corrected chi connectivity index (χ3v) is 6.73. The fourth-order valence-electron chi connectivity index (χ4n) is 4.22. The van der Waals surface area contributed by atoms with Gasteiger partial charge in [0.25, 0.3) is 0 Å². The molecule has 13 nitrogen and oxygen atoms in total. The minimum absolute atomic E-state index is 0.00387. The van der Waals surface area contributed by atoms with E-state index < -0.39 is 12.2 Å². The summed E-state index contributed by atoms with van der Waals surface area (Å²) in [7, 11) is 0. The predicted molar refractivity (Wildman–Crippen MR) is 126 cm³/mol. The molecule has 3 aromatic rings. The molecule has 0 radical (unpaired) electrons. The van der Waals surface area contributed by atoms with Crippen molar-refractivity contribution < 1.29 is 13.9 Å². The Balaban J connectivity index is 1.30. The van der Waals surface area contributed by atoms with Crippen molar-refractivity contribution in [1.82, 2.24) is 34.5 Å². The molecule has 1 amide bonds. The van der Waals surface area contributed by atoms with Gasteiger partial charge in [-0.1, -0.05) is 0 Å². The summed E-state index contributed by atoms with van der Waals surface area (Å²) in [6.45, 7) is 2.34. The number of amides is 1. The Morgan fingerprint density at radius 2 is 2.03 bits per heavy atom. The van der Waals surface area contributed by atoms with Crippen LogP contribution in [0.5, 0.6) is 0 Å². The van der Waals surface area contributed by atoms with Gasteiger partial charge in [-0.15, -0.1) is 0 Å². The smallest absolute Gasteiger partial charge is 0.249 e. The minimum Gasteiger partial charge on any atom is -0.378 e. The molecule has 0 unspecified atom stereocenters. The van der Waals surface area contributed by atoms with Gasteiger partial charge in [-0.2, -0.15) is 24.4 Å². The topological polar surface area (TPSA) is 150 Å². The number of hydrogen-bond acceptors (Lipinski definition) is 12. The van der Waals surface area contributed by atoms with Crippen LogP contribution in [-0.4, -0.2) is 85.5 Å². The average Bonchev–Trinajstić information content (AvgIpc) is 3.21. The van der Waals surface area contributed by atoms with Gasteiger partial charge in [0.1, 0.15) is 24.4 Å². The number of carbonyl (C=O) groups excluding carboxylic acids is 1. The molecule has 1 saturated carbocycles. The van der Waals surface area contributed by atoms with E-state index in [2.05, 4.69) is 45.1 Å². The SMILES string of the molecule is O=C(Nc1ncns1)[C@@H]1C[C@@H](F)CN1c1nc(Nc2cc(C3CC3)n[nH]2)nc(N2CCOCC2)n1. The molecule has 0 spiro atoms. The molecule has 3 fully saturated rings. The molecule has 35 heavy (non-hydrogen) atoms. The first kappa shape index (κ1) is 22.0. The predicted octanol–water partition coefficient (Wildman–Crippen LogP) is 1.46. The van der Waals surface area contributed by atoms with E-state index in [0.29, 0.717) is 49.1 Å². The molecule has 184 valence electrons. The second-order valence-corrected chi connectivity index (χ2v) is 9.48. The second-order valence-electron chi connectivity index (χ2n) is 8.70. The van der Waals surface area contributed by atoms with Gasteiger partial charge in [0, 0.05) is 43.0 Å². The number of halogens is 1. The maximum absolute atomic E-state index is 14.6. The van der Waals surface area contributed by atoms with Gasteiger partial charge in [-0.3, -0.25) is 15.2 Å². The summed E-state index contributed by atoms with van der Waals surface area (Å²) in [4.78, 5) is 34.3. The van der Waals surface area contributed by atoms with Crippen LogP contribution in [0.15, 0.2) is 12.4 Å². The van der Waals surface area contributed by atoms with Crippen LogP contribution in [0.4, 0.5) is 33.2 Å². The van der Waals surface area contributed by atoms with Crippen LogP contribution in [-0.2, 0) is 9.53 Å². The summed E-state index contributed by atoms with van der Waals surface area (Å²) < 4.78 is 23.9. The van der Waals surface area contributed by atoms with Crippen LogP contribution in [0, 0.1) is 0 Å². The summed E-state index contributed by atoms with van der Waals surface area (Å²) in [6.07, 6.45) is 2.46. The molecular formula is C20H24FN11O2S. The first-order valence-electron chi connectivity index (χ1n) is 11.5. The molecular weight excluding hydrogens is 477 g/mol. The molecule has 2 atom stereocenters. The molecule has 2 aliphatic heterocycles. The van der Waals surface area contributed by atoms with Crippen molar-refractivity contribution >= 4 is 46.2 Å². The number of aromatic nitrogens is 7. The quantitative estimate of drug-likeness (QED) is 0.432. The number of nitrogens with zero attached hydrogens (tertiary/aromatic N) is 8. The number of carbonyl (C=O) groups is 1. The van der Waals surface area contributed by atoms with Crippen molar-refractivity contribution in [2.24, 2.45) is 0 Å². The minimum atomic E-state index is -1.20. The molecule has 5 heterocycles. The highest BCUT2D eigenvalue weighted by Gasteiger charge is 2.39. The summed E-state index contributed by atoms with van der Waals surface area (Å²) in [6, 6.07) is 1.15. The number of nitrogens with one attached hydrogen (secondary N) is 3. The number of H-pyrrole nitrogens is 1. The fraction of sp³-hybridized carbons (Fsp3) is 0.550. The maximum atomic E-state index is 14.6. The van der Waals surface area contributed by atoms with E-state index in [4.69, 9.17) is 4.74 Å². The van der Waals surface area contributed by atoms with Crippen LogP contribution in [0.2, 0.25) is 0 Å². The highest BCUT2D eigenvalue weighted by atomic mass is 32.1. The van der Waals surface area contributed by atoms with Crippen molar-refractivity contribution in [3.05, 3.63) is 18.1 Å². The van der Waals surface area contributed by atoms with Gasteiger partial charge in [-0.05, 0) is 12.8 Å². The number of alkyl halides is 1. The van der Waals surface area contributed by atoms with Gasteiger partial charge in [0.15, 0.2) is 0 Å². The number of anilines is 5. The Kier molecular flexibility index (Phi) is 5.85. The summed E-state index contributed by atoms with van der Waals surface area (Å²) >= 11 is 1.06. The van der Waals surface area contributed by atoms with Crippen molar-refractivity contribution in [2.45, 2.75) is 37.4 Å². The van der Waals surface area contributed by atoms with Gasteiger partial charge in [-0.25, -0.2) is 9.37 Å². The van der Waals surface area contributed by atoms with Crippen molar-refractivity contribution in [3.8, 4) is 0 Å². The van der Waals surface area contributed by atoms with Gasteiger partial charge < -0.3 is 19.9 Å². The Labute approximate surface area is 203 Å². The molecule has 2 saturated heterocycles. The highest BCUT2D eigenvalue weighted by molar-refractivity contribution is 7.09. The van der Waals surface area contributed by atoms with Crippen LogP contribution in [0.3, 0.4) is 0 Å². The van der Waals surface area contributed by atoms with E-state index in [9.17, 15) is 9.18 Å². The number of hydrogen-bond donors (Lipinski definition) is 3. The maximum Gasteiger partial charge on any atom is 0.249 e. The van der Waals surface area contributed by atoms with Crippen LogP contribution >= 0.6 is 11.5 Å². The number of ether oxygens (including phenoxy) is 1. The molecule has 3 N–H and O–H groups in total. The monoisotopic (exact) mass is 501 g/mol. The lowest BCUT2D eigenvalue weighted by Crippen LogP contribution is -2.42. The Morgan fingerprint density at radius 3 is 2.80 bits per heavy atom. The largest absolute Gasteiger partial charge is 0.378 e. The lowest BCUT2D eigenvalue weighted by molar-refractivity contribution is -0.117. The lowest BCUT2D eigenvalue weighted by Gasteiger charge is -2.29. The van der Waals surface area contributed by atoms with Crippen LogP contribution in [0.25, 0.3) is 0 Å². The zero-order chi connectivity index (χ0) is 23.8. The van der Waals surface area contributed by atoms with E-state index in [1.54, 1.807) is 4.90 Å². The second kappa shape index (κ2) is 9.30. The Morgan fingerprint density at radius 1 is 1.20 bits per heavy atom. The summed E-state index contributed by atoms with van der Waals surface area (Å²) in [5.74, 6) is 1.72. The van der Waals surface area contributed by atoms with Crippen molar-refractivity contribution in [2.75, 3.05) is 53.3 Å². The summed E-state index contributed by atoms with van der Waals surface area (Å²) in [5.41, 5.74) is 1.00. The number of rotatable bonds is 7. The van der Waals surface area contributed by atoms with E-state index in [0.717, 1.165) is 30.1 Å². The number of morpholine rings is 1. The zero-order valence-electron chi connectivity index (χ0n) is 18.7. The standard InChI is InChI=1S/C20H24FN11O2S/c21-12-7-14(16(33)25-20-22-10-23-35-20)32(9-12)19-27-17(24-15-8-13(29-30-15)11-1-2-11)26-18(28-19)31-3-5-34-6-4-31/h8,10-12,14H,1-7,9H2,(H,22,23,25,33)(H2,24,26,27,28,29,30)/t12-,14+/m1/s1. The van der Waals surface area contributed by atoms with E-state index in [1.807, 2.05) is 11.0 Å². The number of aromatic amines is 1. The normalized spacial score (nSPS) is 22.4. The third-order valence-electron chi connectivity index (χ3n) is 6.15. The van der Waals surface area contributed by atoms with Crippen LogP contribution in [0.1, 0.15) is 30.9 Å². The van der Waals surface area contributed by atoms with Crippen molar-refractivity contribution in [3.63, 3.8) is 0 Å². The molecule has 0 aromatic carbocycles. The van der Waals surface area contributed by atoms with Gasteiger partial charge >= 0.3 is 0 Å². The molecule has 6 rings (SSSR count). The third kappa shape index (κ3) is 4.86. The molecule has 0 bridgehead atoms.